The van der Waals surface area contributed by atoms with Crippen molar-refractivity contribution in [1.29, 1.82) is 0 Å². The first-order valence-corrected chi connectivity index (χ1v) is 11.9. The lowest BCUT2D eigenvalue weighted by molar-refractivity contribution is 0.0508. The van der Waals surface area contributed by atoms with E-state index in [4.69, 9.17) is 9.15 Å². The number of hydrogen-bond donors (Lipinski definition) is 0. The Morgan fingerprint density at radius 1 is 0.765 bits per heavy atom. The van der Waals surface area contributed by atoms with Crippen molar-refractivity contribution in [1.82, 2.24) is 0 Å². The number of aryl methyl sites for hydroxylation is 2. The Kier molecular flexibility index (Phi) is 6.71. The highest BCUT2D eigenvalue weighted by Gasteiger charge is 2.13. The van der Waals surface area contributed by atoms with Gasteiger partial charge in [0, 0.05) is 6.42 Å². The third kappa shape index (κ3) is 4.89. The Hall–Kier alpha value is -3.85. The fourth-order valence-corrected chi connectivity index (χ4v) is 4.71. The molecule has 1 aromatic heterocycles. The molecule has 0 saturated carbocycles. The summed E-state index contributed by atoms with van der Waals surface area (Å²) in [5, 5.41) is 5.64. The van der Waals surface area contributed by atoms with Crippen LogP contribution >= 0.6 is 0 Å². The Bertz CT molecular complexity index is 1380. The highest BCUT2D eigenvalue weighted by molar-refractivity contribution is 6.08. The maximum Gasteiger partial charge on any atom is 0.341 e. The fourth-order valence-electron chi connectivity index (χ4n) is 4.71. The molecule has 0 bridgehead atoms. The minimum atomic E-state index is -0.343. The van der Waals surface area contributed by atoms with E-state index in [-0.39, 0.29) is 5.97 Å². The molecule has 0 atom stereocenters. The van der Waals surface area contributed by atoms with Gasteiger partial charge < -0.3 is 9.15 Å². The zero-order valence-electron chi connectivity index (χ0n) is 19.2. The van der Waals surface area contributed by atoms with Crippen LogP contribution in [0.5, 0.6) is 0 Å². The van der Waals surface area contributed by atoms with Crippen LogP contribution in [0.25, 0.3) is 21.5 Å². The number of carbonyl (C=O) groups is 1. The highest BCUT2D eigenvalue weighted by atomic mass is 16.5. The molecule has 0 radical (unpaired) electrons. The summed E-state index contributed by atoms with van der Waals surface area (Å²) < 4.78 is 9.89. The fraction of sp³-hybridized carbons (Fsp3) is 0.194. The van der Waals surface area contributed by atoms with Gasteiger partial charge in [0.05, 0.1) is 18.4 Å². The maximum absolute atomic E-state index is 11.4. The number of ether oxygens (including phenoxy) is 1. The number of rotatable bonds is 4. The molecule has 1 heterocycles. The zero-order valence-corrected chi connectivity index (χ0v) is 19.2. The molecule has 3 heteroatoms. The smallest absolute Gasteiger partial charge is 0.341 e. The maximum atomic E-state index is 11.4. The normalized spacial score (nSPS) is 12.6. The van der Waals surface area contributed by atoms with E-state index in [1.54, 1.807) is 17.2 Å². The van der Waals surface area contributed by atoms with Crippen LogP contribution in [-0.2, 0) is 24.0 Å². The lowest BCUT2D eigenvalue weighted by atomic mass is 9.86. The SMILES string of the molecule is O=C(OCCc1ccccc1)c1ccoc1.c1ccc2c(c1)ccc1c3c(ccc12)CCCC3. The van der Waals surface area contributed by atoms with Crippen LogP contribution in [0.4, 0.5) is 0 Å². The summed E-state index contributed by atoms with van der Waals surface area (Å²) in [6.45, 7) is 0.383. The monoisotopic (exact) mass is 448 g/mol. The first kappa shape index (κ1) is 22.0. The van der Waals surface area contributed by atoms with Crippen LogP contribution in [0.2, 0.25) is 0 Å². The van der Waals surface area contributed by atoms with Gasteiger partial charge in [-0.1, -0.05) is 78.9 Å². The van der Waals surface area contributed by atoms with E-state index in [1.165, 1.54) is 59.8 Å². The van der Waals surface area contributed by atoms with Crippen LogP contribution in [0.15, 0.2) is 102 Å². The molecule has 5 aromatic rings. The van der Waals surface area contributed by atoms with Crippen LogP contribution < -0.4 is 0 Å². The summed E-state index contributed by atoms with van der Waals surface area (Å²) >= 11 is 0. The van der Waals surface area contributed by atoms with Gasteiger partial charge in [-0.15, -0.1) is 0 Å². The van der Waals surface area contributed by atoms with Gasteiger partial charge in [0.25, 0.3) is 0 Å². The van der Waals surface area contributed by atoms with E-state index in [9.17, 15) is 4.79 Å². The quantitative estimate of drug-likeness (QED) is 0.210. The van der Waals surface area contributed by atoms with Crippen molar-refractivity contribution >= 4 is 27.5 Å². The second kappa shape index (κ2) is 10.4. The average Bonchev–Trinajstić information content (AvgIpc) is 3.45. The summed E-state index contributed by atoms with van der Waals surface area (Å²) in [6, 6.07) is 29.5. The van der Waals surface area contributed by atoms with Crippen LogP contribution in [0.3, 0.4) is 0 Å². The number of carbonyl (C=O) groups excluding carboxylic acids is 1. The first-order chi connectivity index (χ1) is 16.8. The molecule has 34 heavy (non-hydrogen) atoms. The van der Waals surface area contributed by atoms with Gasteiger partial charge in [-0.25, -0.2) is 4.79 Å². The standard InChI is InChI=1S/C18H16.C13H12O3/c1-3-7-15-13(5-1)9-11-18-16-8-4-2-6-14(16)10-12-17(15)18;14-13(12-7-8-15-10-12)16-9-6-11-4-2-1-3-5-11/h1,3,5,7,9-12H,2,4,6,8H2;1-5,7-8,10H,6,9H2. The number of fused-ring (bicyclic) bond motifs is 5. The van der Waals surface area contributed by atoms with Crippen molar-refractivity contribution in [2.75, 3.05) is 6.61 Å². The summed E-state index contributed by atoms with van der Waals surface area (Å²) in [6.07, 6.45) is 8.78. The molecule has 6 rings (SSSR count). The summed E-state index contributed by atoms with van der Waals surface area (Å²) in [5.41, 5.74) is 4.78. The number of hydrogen-bond acceptors (Lipinski definition) is 3. The van der Waals surface area contributed by atoms with Gasteiger partial charge >= 0.3 is 5.97 Å². The molecule has 0 aliphatic heterocycles. The van der Waals surface area contributed by atoms with Crippen molar-refractivity contribution in [3.63, 3.8) is 0 Å². The van der Waals surface area contributed by atoms with Gasteiger partial charge in [0.1, 0.15) is 6.26 Å². The molecule has 0 spiro atoms. The van der Waals surface area contributed by atoms with E-state index < -0.39 is 0 Å². The predicted molar refractivity (Wildman–Crippen MR) is 137 cm³/mol. The molecule has 1 aliphatic rings. The predicted octanol–water partition coefficient (Wildman–Crippen LogP) is 7.55. The van der Waals surface area contributed by atoms with Gasteiger partial charge in [-0.05, 0) is 70.0 Å². The van der Waals surface area contributed by atoms with Crippen LogP contribution in [-0.4, -0.2) is 12.6 Å². The van der Waals surface area contributed by atoms with Crippen LogP contribution in [0, 0.1) is 0 Å². The van der Waals surface area contributed by atoms with Gasteiger partial charge in [0.15, 0.2) is 0 Å². The Morgan fingerprint density at radius 3 is 2.41 bits per heavy atom. The van der Waals surface area contributed by atoms with Crippen molar-refractivity contribution in [3.05, 3.63) is 120 Å². The number of esters is 1. The Morgan fingerprint density at radius 2 is 1.56 bits per heavy atom. The molecular weight excluding hydrogens is 420 g/mol. The third-order valence-corrected chi connectivity index (χ3v) is 6.48. The van der Waals surface area contributed by atoms with E-state index in [0.29, 0.717) is 12.2 Å². The average molecular weight is 449 g/mol. The molecule has 0 saturated heterocycles. The van der Waals surface area contributed by atoms with E-state index in [2.05, 4.69) is 48.5 Å². The summed E-state index contributed by atoms with van der Waals surface area (Å²) in [7, 11) is 0. The molecule has 0 fully saturated rings. The minimum absolute atomic E-state index is 0.343. The molecule has 170 valence electrons. The number of benzene rings is 4. The summed E-state index contributed by atoms with van der Waals surface area (Å²) in [4.78, 5) is 11.4. The van der Waals surface area contributed by atoms with Gasteiger partial charge in [-0.2, -0.15) is 0 Å². The molecule has 0 N–H and O–H groups in total. The molecule has 4 aromatic carbocycles. The van der Waals surface area contributed by atoms with E-state index in [0.717, 1.165) is 12.0 Å². The Balaban J connectivity index is 0.000000143. The molecule has 0 amide bonds. The Labute approximate surface area is 200 Å². The summed E-state index contributed by atoms with van der Waals surface area (Å²) in [5.74, 6) is -0.343. The zero-order chi connectivity index (χ0) is 23.2. The van der Waals surface area contributed by atoms with E-state index >= 15 is 0 Å². The second-order valence-corrected chi connectivity index (χ2v) is 8.68. The minimum Gasteiger partial charge on any atom is -0.472 e. The van der Waals surface area contributed by atoms with Crippen LogP contribution in [0.1, 0.15) is 39.9 Å². The molecule has 3 nitrogen and oxygen atoms in total. The van der Waals surface area contributed by atoms with Crippen molar-refractivity contribution in [3.8, 4) is 0 Å². The molecule has 0 unspecified atom stereocenters. The molecule has 1 aliphatic carbocycles. The van der Waals surface area contributed by atoms with E-state index in [1.807, 2.05) is 30.3 Å². The largest absolute Gasteiger partial charge is 0.472 e. The van der Waals surface area contributed by atoms with Crippen molar-refractivity contribution in [2.24, 2.45) is 0 Å². The molecular formula is C31H28O3. The van der Waals surface area contributed by atoms with Gasteiger partial charge in [-0.3, -0.25) is 0 Å². The first-order valence-electron chi connectivity index (χ1n) is 11.9. The third-order valence-electron chi connectivity index (χ3n) is 6.48. The number of furan rings is 1. The van der Waals surface area contributed by atoms with Crippen molar-refractivity contribution in [2.45, 2.75) is 32.1 Å². The lowest BCUT2D eigenvalue weighted by Gasteiger charge is -2.18. The highest BCUT2D eigenvalue weighted by Crippen LogP contribution is 2.33. The van der Waals surface area contributed by atoms with Gasteiger partial charge in [0.2, 0.25) is 0 Å². The lowest BCUT2D eigenvalue weighted by Crippen LogP contribution is -2.07. The second-order valence-electron chi connectivity index (χ2n) is 8.68. The topological polar surface area (TPSA) is 39.4 Å². The van der Waals surface area contributed by atoms with Crippen molar-refractivity contribution < 1.29 is 13.9 Å².